The van der Waals surface area contributed by atoms with Crippen LogP contribution in [0.15, 0.2) is 36.4 Å². The van der Waals surface area contributed by atoms with E-state index in [4.69, 9.17) is 11.5 Å². The van der Waals surface area contributed by atoms with Gasteiger partial charge in [-0.3, -0.25) is 0 Å². The third kappa shape index (κ3) is 4.12. The number of rotatable bonds is 2. The van der Waals surface area contributed by atoms with Crippen LogP contribution in [-0.2, 0) is 6.42 Å². The molecule has 0 aliphatic carbocycles. The first kappa shape index (κ1) is 17.2. The van der Waals surface area contributed by atoms with Gasteiger partial charge in [0.1, 0.15) is 11.5 Å². The number of phenols is 2. The lowest BCUT2D eigenvalue weighted by Crippen LogP contribution is -1.93. The molecule has 0 aliphatic heterocycles. The summed E-state index contributed by atoms with van der Waals surface area (Å²) in [5.41, 5.74) is 13.5. The average Bonchev–Trinajstić information content (AvgIpc) is 2.25. The highest BCUT2D eigenvalue weighted by atomic mass is 35.5. The Balaban J connectivity index is 0.00000162. The van der Waals surface area contributed by atoms with E-state index in [1.54, 1.807) is 24.3 Å². The number of hydrogen-bond acceptors (Lipinski definition) is 4. The Morgan fingerprint density at radius 2 is 1.11 bits per heavy atom. The third-order valence-electron chi connectivity index (χ3n) is 2.60. The fourth-order valence-electron chi connectivity index (χ4n) is 1.67. The van der Waals surface area contributed by atoms with E-state index in [0.717, 1.165) is 0 Å². The monoisotopic (exact) mass is 302 g/mol. The molecule has 0 aliphatic rings. The summed E-state index contributed by atoms with van der Waals surface area (Å²) in [6, 6.07) is 9.88. The average molecular weight is 303 g/mol. The van der Waals surface area contributed by atoms with Gasteiger partial charge >= 0.3 is 0 Å². The van der Waals surface area contributed by atoms with Crippen molar-refractivity contribution in [3.05, 3.63) is 47.5 Å². The van der Waals surface area contributed by atoms with Crippen LogP contribution in [-0.4, -0.2) is 10.2 Å². The summed E-state index contributed by atoms with van der Waals surface area (Å²) >= 11 is 0. The van der Waals surface area contributed by atoms with E-state index < -0.39 is 0 Å². The number of nitrogen functional groups attached to an aromatic ring is 2. The molecule has 19 heavy (non-hydrogen) atoms. The van der Waals surface area contributed by atoms with Gasteiger partial charge in [0.2, 0.25) is 0 Å². The second kappa shape index (κ2) is 6.97. The van der Waals surface area contributed by atoms with Crippen molar-refractivity contribution in [2.75, 3.05) is 11.5 Å². The molecule has 6 heteroatoms. The minimum atomic E-state index is 0. The van der Waals surface area contributed by atoms with Gasteiger partial charge in [0, 0.05) is 29.9 Å². The van der Waals surface area contributed by atoms with Crippen LogP contribution in [0.4, 0.5) is 11.4 Å². The van der Waals surface area contributed by atoms with Gasteiger partial charge in [-0.1, -0.05) is 12.1 Å². The highest BCUT2D eigenvalue weighted by Crippen LogP contribution is 2.27. The van der Waals surface area contributed by atoms with Crippen LogP contribution < -0.4 is 11.5 Å². The quantitative estimate of drug-likeness (QED) is 0.642. The fourth-order valence-corrected chi connectivity index (χ4v) is 1.67. The van der Waals surface area contributed by atoms with Crippen molar-refractivity contribution in [1.82, 2.24) is 0 Å². The largest absolute Gasteiger partial charge is 0.508 e. The van der Waals surface area contributed by atoms with Gasteiger partial charge in [-0.15, -0.1) is 24.8 Å². The molecular weight excluding hydrogens is 287 g/mol. The van der Waals surface area contributed by atoms with Gasteiger partial charge in [-0.2, -0.15) is 0 Å². The number of halogens is 2. The van der Waals surface area contributed by atoms with Crippen molar-refractivity contribution in [3.63, 3.8) is 0 Å². The summed E-state index contributed by atoms with van der Waals surface area (Å²) in [6.07, 6.45) is 0.429. The molecule has 2 aromatic carbocycles. The maximum atomic E-state index is 9.71. The van der Waals surface area contributed by atoms with Crippen molar-refractivity contribution in [2.45, 2.75) is 6.42 Å². The Morgan fingerprint density at radius 3 is 1.42 bits per heavy atom. The summed E-state index contributed by atoms with van der Waals surface area (Å²) in [6.45, 7) is 0. The number of anilines is 2. The molecule has 0 saturated carbocycles. The minimum Gasteiger partial charge on any atom is -0.508 e. The van der Waals surface area contributed by atoms with Crippen molar-refractivity contribution in [1.29, 1.82) is 0 Å². The normalized spacial score (nSPS) is 9.26. The summed E-state index contributed by atoms with van der Waals surface area (Å²) in [4.78, 5) is 0. The molecule has 0 aromatic heterocycles. The molecule has 0 radical (unpaired) electrons. The van der Waals surface area contributed by atoms with Gasteiger partial charge < -0.3 is 21.7 Å². The molecule has 0 bridgehead atoms. The predicted octanol–water partition coefficient (Wildman–Crippen LogP) is 2.70. The Kier molecular flexibility index (Phi) is 6.32. The molecule has 0 saturated heterocycles. The Bertz CT molecular complexity index is 513. The fraction of sp³-hybridized carbons (Fsp3) is 0.0769. The summed E-state index contributed by atoms with van der Waals surface area (Å²) < 4.78 is 0. The lowest BCUT2D eigenvalue weighted by molar-refractivity contribution is 0.463. The smallest absolute Gasteiger partial charge is 0.121 e. The maximum absolute atomic E-state index is 9.71. The van der Waals surface area contributed by atoms with Crippen LogP contribution in [0.3, 0.4) is 0 Å². The van der Waals surface area contributed by atoms with E-state index in [1.807, 2.05) is 0 Å². The van der Waals surface area contributed by atoms with Crippen molar-refractivity contribution in [2.24, 2.45) is 0 Å². The topological polar surface area (TPSA) is 92.5 Å². The highest BCUT2D eigenvalue weighted by Gasteiger charge is 2.06. The minimum absolute atomic E-state index is 0. The SMILES string of the molecule is Cl.Cl.Nc1ccc(Cc2ccc(N)cc2O)c(O)c1. The van der Waals surface area contributed by atoms with E-state index in [2.05, 4.69) is 0 Å². The van der Waals surface area contributed by atoms with Crippen molar-refractivity contribution in [3.8, 4) is 11.5 Å². The lowest BCUT2D eigenvalue weighted by atomic mass is 10.0. The van der Waals surface area contributed by atoms with Gasteiger partial charge in [0.25, 0.3) is 0 Å². The Labute approximate surface area is 123 Å². The third-order valence-corrected chi connectivity index (χ3v) is 2.60. The first-order chi connectivity index (χ1) is 8.06. The Morgan fingerprint density at radius 1 is 0.737 bits per heavy atom. The Hall–Kier alpha value is -1.78. The lowest BCUT2D eigenvalue weighted by Gasteiger charge is -2.08. The molecule has 0 unspecified atom stereocenters. The first-order valence-electron chi connectivity index (χ1n) is 5.21. The standard InChI is InChI=1S/C13H14N2O2.2ClH/c14-10-3-1-8(12(16)6-10)5-9-2-4-11(15)7-13(9)17;;/h1-4,6-7,16-17H,5,14-15H2;2*1H. The molecular formula is C13H16Cl2N2O2. The second-order valence-electron chi connectivity index (χ2n) is 3.95. The van der Waals surface area contributed by atoms with Crippen LogP contribution in [0.2, 0.25) is 0 Å². The predicted molar refractivity (Wildman–Crippen MR) is 82.3 cm³/mol. The molecule has 0 atom stereocenters. The van der Waals surface area contributed by atoms with E-state index >= 15 is 0 Å². The van der Waals surface area contributed by atoms with Gasteiger partial charge in [0.05, 0.1) is 0 Å². The molecule has 6 N–H and O–H groups in total. The van der Waals surface area contributed by atoms with E-state index in [-0.39, 0.29) is 36.3 Å². The van der Waals surface area contributed by atoms with Crippen molar-refractivity contribution >= 4 is 36.2 Å². The van der Waals surface area contributed by atoms with Crippen LogP contribution in [0.25, 0.3) is 0 Å². The summed E-state index contributed by atoms with van der Waals surface area (Å²) in [5, 5.41) is 19.4. The first-order valence-corrected chi connectivity index (χ1v) is 5.21. The molecule has 4 nitrogen and oxygen atoms in total. The molecule has 0 heterocycles. The van der Waals surface area contributed by atoms with Gasteiger partial charge in [0.15, 0.2) is 0 Å². The van der Waals surface area contributed by atoms with Gasteiger partial charge in [-0.05, 0) is 23.3 Å². The number of hydrogen-bond donors (Lipinski definition) is 4. The molecule has 0 spiro atoms. The second-order valence-corrected chi connectivity index (χ2v) is 3.95. The van der Waals surface area contributed by atoms with Gasteiger partial charge in [-0.25, -0.2) is 0 Å². The number of nitrogens with two attached hydrogens (primary N) is 2. The number of phenolic OH excluding ortho intramolecular Hbond substituents is 2. The van der Waals surface area contributed by atoms with E-state index in [1.165, 1.54) is 12.1 Å². The molecule has 2 rings (SSSR count). The number of aromatic hydroxyl groups is 2. The molecule has 0 amide bonds. The molecule has 2 aromatic rings. The van der Waals surface area contributed by atoms with E-state index in [9.17, 15) is 10.2 Å². The van der Waals surface area contributed by atoms with E-state index in [0.29, 0.717) is 28.9 Å². The highest BCUT2D eigenvalue weighted by molar-refractivity contribution is 5.85. The zero-order valence-electron chi connectivity index (χ0n) is 10.0. The molecule has 104 valence electrons. The van der Waals surface area contributed by atoms with Crippen LogP contribution in [0, 0.1) is 0 Å². The zero-order valence-corrected chi connectivity index (χ0v) is 11.7. The summed E-state index contributed by atoms with van der Waals surface area (Å²) in [5.74, 6) is 0.252. The number of benzene rings is 2. The summed E-state index contributed by atoms with van der Waals surface area (Å²) in [7, 11) is 0. The van der Waals surface area contributed by atoms with Crippen molar-refractivity contribution < 1.29 is 10.2 Å². The van der Waals surface area contributed by atoms with Crippen LogP contribution >= 0.6 is 24.8 Å². The molecule has 0 fully saturated rings. The van der Waals surface area contributed by atoms with Crippen LogP contribution in [0.5, 0.6) is 11.5 Å². The maximum Gasteiger partial charge on any atom is 0.121 e. The van der Waals surface area contributed by atoms with Crippen LogP contribution in [0.1, 0.15) is 11.1 Å². The zero-order chi connectivity index (χ0) is 12.4.